The van der Waals surface area contributed by atoms with Crippen LogP contribution in [0.4, 0.5) is 5.69 Å². The van der Waals surface area contributed by atoms with Gasteiger partial charge >= 0.3 is 0 Å². The smallest absolute Gasteiger partial charge is 0.247 e. The minimum absolute atomic E-state index is 0.0478. The number of ether oxygens (including phenoxy) is 1. The average molecular weight is 282 g/mol. The van der Waals surface area contributed by atoms with Gasteiger partial charge in [0.25, 0.3) is 0 Å². The van der Waals surface area contributed by atoms with Crippen LogP contribution in [0.1, 0.15) is 17.2 Å². The molecule has 2 N–H and O–H groups in total. The summed E-state index contributed by atoms with van der Waals surface area (Å²) in [6, 6.07) is 14.9. The van der Waals surface area contributed by atoms with Gasteiger partial charge in [-0.05, 0) is 42.3 Å². The molecular formula is C17H18N2O2. The summed E-state index contributed by atoms with van der Waals surface area (Å²) >= 11 is 0. The van der Waals surface area contributed by atoms with E-state index in [1.54, 1.807) is 12.0 Å². The van der Waals surface area contributed by atoms with Gasteiger partial charge in [-0.25, -0.2) is 0 Å². The molecule has 0 bridgehead atoms. The highest BCUT2D eigenvalue weighted by atomic mass is 16.5. The van der Waals surface area contributed by atoms with Gasteiger partial charge in [0.15, 0.2) is 0 Å². The van der Waals surface area contributed by atoms with Crippen molar-refractivity contribution < 1.29 is 9.53 Å². The van der Waals surface area contributed by atoms with Crippen LogP contribution >= 0.6 is 0 Å². The van der Waals surface area contributed by atoms with Gasteiger partial charge in [0.1, 0.15) is 11.8 Å². The largest absolute Gasteiger partial charge is 0.497 e. The van der Waals surface area contributed by atoms with E-state index in [1.807, 2.05) is 55.5 Å². The lowest BCUT2D eigenvalue weighted by Gasteiger charge is -2.45. The lowest BCUT2D eigenvalue weighted by Crippen LogP contribution is -2.63. The monoisotopic (exact) mass is 282 g/mol. The Bertz CT molecular complexity index is 684. The van der Waals surface area contributed by atoms with Gasteiger partial charge in [-0.15, -0.1) is 0 Å². The van der Waals surface area contributed by atoms with E-state index in [1.165, 1.54) is 0 Å². The second-order valence-corrected chi connectivity index (χ2v) is 5.29. The molecule has 0 saturated carbocycles. The number of methoxy groups -OCH3 is 1. The third-order valence-electron chi connectivity index (χ3n) is 3.86. The van der Waals surface area contributed by atoms with E-state index in [2.05, 4.69) is 0 Å². The maximum Gasteiger partial charge on any atom is 0.247 e. The molecular weight excluding hydrogens is 264 g/mol. The van der Waals surface area contributed by atoms with Crippen molar-refractivity contribution in [2.75, 3.05) is 12.0 Å². The minimum Gasteiger partial charge on any atom is -0.497 e. The number of amides is 1. The van der Waals surface area contributed by atoms with Crippen molar-refractivity contribution >= 4 is 11.6 Å². The third-order valence-corrected chi connectivity index (χ3v) is 3.86. The van der Waals surface area contributed by atoms with Crippen molar-refractivity contribution in [1.29, 1.82) is 0 Å². The number of carbonyl (C=O) groups is 1. The number of β-lactam (4-membered cyclic amide) rings is 1. The molecule has 1 aliphatic heterocycles. The molecule has 1 saturated heterocycles. The standard InChI is InChI=1S/C17H18N2O2/c1-11-5-3-7-13(9-11)19-16(15(18)17(19)20)12-6-4-8-14(10-12)21-2/h3-10,15-16H,18H2,1-2H3/t15-,16+/m1/s1. The van der Waals surface area contributed by atoms with Gasteiger partial charge in [0.05, 0.1) is 13.2 Å². The number of aryl methyl sites for hydroxylation is 1. The first-order valence-corrected chi connectivity index (χ1v) is 6.91. The third kappa shape index (κ3) is 2.28. The Kier molecular flexibility index (Phi) is 3.39. The van der Waals surface area contributed by atoms with E-state index in [-0.39, 0.29) is 11.9 Å². The molecule has 1 amide bonds. The predicted octanol–water partition coefficient (Wildman–Crippen LogP) is 2.42. The number of nitrogens with two attached hydrogens (primary N) is 1. The van der Waals surface area contributed by atoms with Crippen LogP contribution in [0.25, 0.3) is 0 Å². The molecule has 3 rings (SSSR count). The minimum atomic E-state index is -0.502. The number of anilines is 1. The molecule has 1 heterocycles. The fraction of sp³-hybridized carbons (Fsp3) is 0.235. The van der Waals surface area contributed by atoms with Crippen molar-refractivity contribution in [3.8, 4) is 5.75 Å². The number of hydrogen-bond donors (Lipinski definition) is 1. The predicted molar refractivity (Wildman–Crippen MR) is 82.4 cm³/mol. The van der Waals surface area contributed by atoms with E-state index in [0.717, 1.165) is 22.6 Å². The van der Waals surface area contributed by atoms with Gasteiger partial charge in [0.2, 0.25) is 5.91 Å². The first-order valence-electron chi connectivity index (χ1n) is 6.91. The van der Waals surface area contributed by atoms with E-state index in [9.17, 15) is 4.79 Å². The highest BCUT2D eigenvalue weighted by molar-refractivity contribution is 6.05. The van der Waals surface area contributed by atoms with Crippen molar-refractivity contribution in [3.05, 3.63) is 59.7 Å². The van der Waals surface area contributed by atoms with Gasteiger partial charge in [-0.3, -0.25) is 4.79 Å². The van der Waals surface area contributed by atoms with Gasteiger partial charge in [0, 0.05) is 5.69 Å². The summed E-state index contributed by atoms with van der Waals surface area (Å²) in [5.74, 6) is 0.719. The first kappa shape index (κ1) is 13.6. The maximum absolute atomic E-state index is 12.2. The molecule has 0 radical (unpaired) electrons. The number of hydrogen-bond acceptors (Lipinski definition) is 3. The molecule has 1 aliphatic rings. The Morgan fingerprint density at radius 1 is 1.14 bits per heavy atom. The van der Waals surface area contributed by atoms with Crippen molar-refractivity contribution in [2.45, 2.75) is 19.0 Å². The zero-order valence-electron chi connectivity index (χ0n) is 12.1. The van der Waals surface area contributed by atoms with Gasteiger partial charge in [-0.1, -0.05) is 24.3 Å². The molecule has 0 aliphatic carbocycles. The van der Waals surface area contributed by atoms with Crippen molar-refractivity contribution in [2.24, 2.45) is 5.73 Å². The van der Waals surface area contributed by atoms with Crippen LogP contribution in [0.2, 0.25) is 0 Å². The average Bonchev–Trinajstić information content (AvgIpc) is 2.51. The fourth-order valence-corrected chi connectivity index (χ4v) is 2.76. The van der Waals surface area contributed by atoms with Crippen LogP contribution in [0, 0.1) is 6.92 Å². The van der Waals surface area contributed by atoms with Crippen LogP contribution in [0.15, 0.2) is 48.5 Å². The Balaban J connectivity index is 1.98. The number of carbonyl (C=O) groups excluding carboxylic acids is 1. The molecule has 2 aromatic carbocycles. The normalized spacial score (nSPS) is 21.1. The molecule has 4 nitrogen and oxygen atoms in total. The van der Waals surface area contributed by atoms with Gasteiger partial charge in [-0.2, -0.15) is 0 Å². The SMILES string of the molecule is COc1cccc([C@H]2[C@@H](N)C(=O)N2c2cccc(C)c2)c1. The number of benzene rings is 2. The van der Waals surface area contributed by atoms with Crippen molar-refractivity contribution in [1.82, 2.24) is 0 Å². The molecule has 2 aromatic rings. The Morgan fingerprint density at radius 3 is 2.62 bits per heavy atom. The molecule has 0 spiro atoms. The number of nitrogens with zero attached hydrogens (tertiary/aromatic N) is 1. The van der Waals surface area contributed by atoms with Crippen LogP contribution in [-0.2, 0) is 4.79 Å². The molecule has 4 heteroatoms. The second kappa shape index (κ2) is 5.22. The molecule has 0 aromatic heterocycles. The first-order chi connectivity index (χ1) is 10.1. The van der Waals surface area contributed by atoms with E-state index >= 15 is 0 Å². The van der Waals surface area contributed by atoms with Crippen LogP contribution in [0.5, 0.6) is 5.75 Å². The maximum atomic E-state index is 12.2. The van der Waals surface area contributed by atoms with Crippen LogP contribution in [-0.4, -0.2) is 19.1 Å². The quantitative estimate of drug-likeness (QED) is 0.880. The Morgan fingerprint density at radius 2 is 1.90 bits per heavy atom. The zero-order chi connectivity index (χ0) is 15.0. The lowest BCUT2D eigenvalue weighted by atomic mass is 9.88. The summed E-state index contributed by atoms with van der Waals surface area (Å²) < 4.78 is 5.25. The zero-order valence-corrected chi connectivity index (χ0v) is 12.1. The van der Waals surface area contributed by atoms with Crippen molar-refractivity contribution in [3.63, 3.8) is 0 Å². The van der Waals surface area contributed by atoms with Crippen LogP contribution < -0.4 is 15.4 Å². The second-order valence-electron chi connectivity index (χ2n) is 5.29. The summed E-state index contributed by atoms with van der Waals surface area (Å²) in [5.41, 5.74) is 9.01. The highest BCUT2D eigenvalue weighted by Crippen LogP contribution is 2.39. The summed E-state index contributed by atoms with van der Waals surface area (Å²) in [5, 5.41) is 0. The van der Waals surface area contributed by atoms with E-state index < -0.39 is 6.04 Å². The summed E-state index contributed by atoms with van der Waals surface area (Å²) in [6.07, 6.45) is 0. The lowest BCUT2D eigenvalue weighted by molar-refractivity contribution is -0.126. The Hall–Kier alpha value is -2.33. The molecule has 21 heavy (non-hydrogen) atoms. The molecule has 1 fully saturated rings. The molecule has 2 atom stereocenters. The number of rotatable bonds is 3. The van der Waals surface area contributed by atoms with Gasteiger partial charge < -0.3 is 15.4 Å². The summed E-state index contributed by atoms with van der Waals surface area (Å²) in [4.78, 5) is 13.9. The topological polar surface area (TPSA) is 55.6 Å². The Labute approximate surface area is 124 Å². The summed E-state index contributed by atoms with van der Waals surface area (Å²) in [7, 11) is 1.63. The van der Waals surface area contributed by atoms with Crippen LogP contribution in [0.3, 0.4) is 0 Å². The van der Waals surface area contributed by atoms with E-state index in [0.29, 0.717) is 0 Å². The fourth-order valence-electron chi connectivity index (χ4n) is 2.76. The van der Waals surface area contributed by atoms with E-state index in [4.69, 9.17) is 10.5 Å². The summed E-state index contributed by atoms with van der Waals surface area (Å²) in [6.45, 7) is 2.01. The molecule has 108 valence electrons. The highest BCUT2D eigenvalue weighted by Gasteiger charge is 2.46. The molecule has 0 unspecified atom stereocenters.